The van der Waals surface area contributed by atoms with Crippen LogP contribution in [0, 0.1) is 17.0 Å². The van der Waals surface area contributed by atoms with Crippen molar-refractivity contribution in [3.05, 3.63) is 63.7 Å². The zero-order chi connectivity index (χ0) is 17.7. The highest BCUT2D eigenvalue weighted by atomic mass is 32.2. The smallest absolute Gasteiger partial charge is 0.273 e. The van der Waals surface area contributed by atoms with Crippen molar-refractivity contribution < 1.29 is 14.5 Å². The van der Waals surface area contributed by atoms with E-state index in [4.69, 9.17) is 0 Å². The molecule has 0 aromatic heterocycles. The van der Waals surface area contributed by atoms with Gasteiger partial charge in [-0.3, -0.25) is 19.7 Å². The molecule has 1 N–H and O–H groups in total. The Bertz CT molecular complexity index is 788. The topological polar surface area (TPSA) is 89.3 Å². The number of carbonyl (C=O) groups excluding carboxylic acids is 2. The zero-order valence-corrected chi connectivity index (χ0v) is 14.1. The second-order valence-electron chi connectivity index (χ2n) is 5.18. The van der Waals surface area contributed by atoms with Crippen LogP contribution in [0.15, 0.2) is 47.4 Å². The number of hydrogen-bond acceptors (Lipinski definition) is 5. The molecular weight excluding hydrogens is 328 g/mol. The zero-order valence-electron chi connectivity index (χ0n) is 13.2. The van der Waals surface area contributed by atoms with Gasteiger partial charge in [0.25, 0.3) is 5.69 Å². The lowest BCUT2D eigenvalue weighted by Crippen LogP contribution is -2.05. The van der Waals surface area contributed by atoms with Gasteiger partial charge in [0.1, 0.15) is 0 Å². The molecule has 0 bridgehead atoms. The minimum absolute atomic E-state index is 0.0505. The van der Waals surface area contributed by atoms with Crippen molar-refractivity contribution in [3.63, 3.8) is 0 Å². The number of ketones is 1. The van der Waals surface area contributed by atoms with Crippen molar-refractivity contribution in [2.45, 2.75) is 18.7 Å². The molecule has 0 radical (unpaired) electrons. The number of nitrogens with one attached hydrogen (secondary N) is 1. The van der Waals surface area contributed by atoms with Crippen LogP contribution in [0.5, 0.6) is 0 Å². The first kappa shape index (κ1) is 17.7. The van der Waals surface area contributed by atoms with Crippen molar-refractivity contribution in [2.24, 2.45) is 0 Å². The number of nitro groups is 1. The van der Waals surface area contributed by atoms with Crippen molar-refractivity contribution in [1.29, 1.82) is 0 Å². The number of amides is 1. The molecule has 0 saturated carbocycles. The first-order chi connectivity index (χ1) is 11.4. The van der Waals surface area contributed by atoms with E-state index in [1.54, 1.807) is 43.3 Å². The van der Waals surface area contributed by atoms with E-state index in [2.05, 4.69) is 5.32 Å². The summed E-state index contributed by atoms with van der Waals surface area (Å²) < 4.78 is 0. The van der Waals surface area contributed by atoms with Gasteiger partial charge in [0.05, 0.1) is 10.7 Å². The normalized spacial score (nSPS) is 10.2. The Kier molecular flexibility index (Phi) is 5.70. The van der Waals surface area contributed by atoms with Gasteiger partial charge in [0, 0.05) is 34.7 Å². The van der Waals surface area contributed by atoms with Crippen molar-refractivity contribution >= 4 is 34.8 Å². The number of benzene rings is 2. The fraction of sp³-hybridized carbons (Fsp3) is 0.176. The Hall–Kier alpha value is -2.67. The van der Waals surface area contributed by atoms with E-state index >= 15 is 0 Å². The summed E-state index contributed by atoms with van der Waals surface area (Å²) in [5.41, 5.74) is 1.49. The molecule has 7 heteroatoms. The lowest BCUT2D eigenvalue weighted by atomic mass is 10.1. The van der Waals surface area contributed by atoms with Crippen LogP contribution in [0.3, 0.4) is 0 Å². The van der Waals surface area contributed by atoms with E-state index in [0.29, 0.717) is 16.8 Å². The van der Waals surface area contributed by atoms with E-state index in [-0.39, 0.29) is 23.1 Å². The predicted octanol–water partition coefficient (Wildman–Crippen LogP) is 3.84. The van der Waals surface area contributed by atoms with Crippen molar-refractivity contribution in [2.75, 3.05) is 11.1 Å². The highest BCUT2D eigenvalue weighted by Gasteiger charge is 2.15. The second kappa shape index (κ2) is 7.74. The monoisotopic (exact) mass is 344 g/mol. The average molecular weight is 344 g/mol. The van der Waals surface area contributed by atoms with Crippen LogP contribution in [-0.2, 0) is 4.79 Å². The maximum atomic E-state index is 12.2. The van der Waals surface area contributed by atoms with Gasteiger partial charge < -0.3 is 5.32 Å². The Morgan fingerprint density at radius 3 is 2.42 bits per heavy atom. The number of hydrogen-bond donors (Lipinski definition) is 1. The number of anilines is 1. The highest BCUT2D eigenvalue weighted by Crippen LogP contribution is 2.24. The van der Waals surface area contributed by atoms with Gasteiger partial charge in [-0.15, -0.1) is 11.8 Å². The van der Waals surface area contributed by atoms with Gasteiger partial charge >= 0.3 is 0 Å². The Morgan fingerprint density at radius 1 is 1.17 bits per heavy atom. The van der Waals surface area contributed by atoms with Crippen molar-refractivity contribution in [1.82, 2.24) is 0 Å². The molecule has 0 unspecified atom stereocenters. The number of nitro benzene ring substituents is 1. The summed E-state index contributed by atoms with van der Waals surface area (Å²) in [6.45, 7) is 3.07. The van der Waals surface area contributed by atoms with Crippen LogP contribution < -0.4 is 5.32 Å². The third-order valence-electron chi connectivity index (χ3n) is 3.27. The Labute approximate surface area is 143 Å². The quantitative estimate of drug-likeness (QED) is 0.372. The molecule has 2 rings (SSSR count). The number of Topliss-reactive ketones (excluding diaryl/α,β-unsaturated/α-hetero) is 1. The lowest BCUT2D eigenvalue weighted by Gasteiger charge is -2.05. The molecule has 6 nitrogen and oxygen atoms in total. The molecule has 0 aliphatic heterocycles. The number of thioether (sulfide) groups is 1. The first-order valence-corrected chi connectivity index (χ1v) is 8.14. The third kappa shape index (κ3) is 4.66. The summed E-state index contributed by atoms with van der Waals surface area (Å²) in [6.07, 6.45) is 0. The van der Waals surface area contributed by atoms with Crippen LogP contribution in [-0.4, -0.2) is 22.4 Å². The molecule has 0 aliphatic rings. The molecule has 0 heterocycles. The molecule has 2 aromatic carbocycles. The molecule has 124 valence electrons. The van der Waals surface area contributed by atoms with Crippen LogP contribution in [0.2, 0.25) is 0 Å². The highest BCUT2D eigenvalue weighted by molar-refractivity contribution is 8.00. The largest absolute Gasteiger partial charge is 0.326 e. The minimum Gasteiger partial charge on any atom is -0.326 e. The molecular formula is C17H16N2O4S. The Balaban J connectivity index is 2.01. The standard InChI is InChI=1S/C17H16N2O4S/c1-11-3-4-13(9-16(11)19(22)23)17(21)10-24-15-7-5-14(6-8-15)18-12(2)20/h3-9H,10H2,1-2H3,(H,18,20). The summed E-state index contributed by atoms with van der Waals surface area (Å²) in [4.78, 5) is 34.5. The summed E-state index contributed by atoms with van der Waals surface area (Å²) in [5, 5.41) is 13.6. The summed E-state index contributed by atoms with van der Waals surface area (Å²) in [7, 11) is 0. The summed E-state index contributed by atoms with van der Waals surface area (Å²) >= 11 is 1.34. The second-order valence-corrected chi connectivity index (χ2v) is 6.22. The van der Waals surface area contributed by atoms with Gasteiger partial charge in [-0.25, -0.2) is 0 Å². The van der Waals surface area contributed by atoms with Gasteiger partial charge in [-0.2, -0.15) is 0 Å². The summed E-state index contributed by atoms with van der Waals surface area (Å²) in [6, 6.07) is 11.6. The molecule has 0 aliphatic carbocycles. The Morgan fingerprint density at radius 2 is 1.83 bits per heavy atom. The van der Waals surface area contributed by atoms with Crippen LogP contribution in [0.25, 0.3) is 0 Å². The van der Waals surface area contributed by atoms with Gasteiger partial charge in [-0.1, -0.05) is 12.1 Å². The maximum Gasteiger partial charge on any atom is 0.273 e. The summed E-state index contributed by atoms with van der Waals surface area (Å²) in [5.74, 6) is -0.139. The van der Waals surface area contributed by atoms with Crippen LogP contribution in [0.1, 0.15) is 22.8 Å². The molecule has 0 saturated heterocycles. The van der Waals surface area contributed by atoms with Crippen LogP contribution >= 0.6 is 11.8 Å². The van der Waals surface area contributed by atoms with E-state index < -0.39 is 4.92 Å². The number of nitrogens with zero attached hydrogens (tertiary/aromatic N) is 1. The number of aryl methyl sites for hydroxylation is 1. The van der Waals surface area contributed by atoms with Crippen molar-refractivity contribution in [3.8, 4) is 0 Å². The van der Waals surface area contributed by atoms with E-state index in [1.807, 2.05) is 0 Å². The van der Waals surface area contributed by atoms with Crippen LogP contribution in [0.4, 0.5) is 11.4 Å². The van der Waals surface area contributed by atoms with E-state index in [9.17, 15) is 19.7 Å². The van der Waals surface area contributed by atoms with E-state index in [0.717, 1.165) is 4.90 Å². The third-order valence-corrected chi connectivity index (χ3v) is 4.28. The van der Waals surface area contributed by atoms with Gasteiger partial charge in [-0.05, 0) is 31.2 Å². The van der Waals surface area contributed by atoms with E-state index in [1.165, 1.54) is 24.8 Å². The molecule has 0 fully saturated rings. The molecule has 0 spiro atoms. The molecule has 2 aromatic rings. The fourth-order valence-electron chi connectivity index (χ4n) is 2.05. The number of carbonyl (C=O) groups is 2. The first-order valence-electron chi connectivity index (χ1n) is 7.15. The SMILES string of the molecule is CC(=O)Nc1ccc(SCC(=O)c2ccc(C)c([N+](=O)[O-])c2)cc1. The predicted molar refractivity (Wildman–Crippen MR) is 93.6 cm³/mol. The number of rotatable bonds is 6. The van der Waals surface area contributed by atoms with Gasteiger partial charge in [0.15, 0.2) is 5.78 Å². The lowest BCUT2D eigenvalue weighted by molar-refractivity contribution is -0.385. The van der Waals surface area contributed by atoms with Gasteiger partial charge in [0.2, 0.25) is 5.91 Å². The fourth-order valence-corrected chi connectivity index (χ4v) is 2.84. The molecule has 24 heavy (non-hydrogen) atoms. The molecule has 0 atom stereocenters. The molecule has 1 amide bonds. The average Bonchev–Trinajstić information content (AvgIpc) is 2.53. The minimum atomic E-state index is -0.486. The maximum absolute atomic E-state index is 12.2.